The lowest BCUT2D eigenvalue weighted by Crippen LogP contribution is -2.31. The summed E-state index contributed by atoms with van der Waals surface area (Å²) in [6.07, 6.45) is 0.607. The number of benzene rings is 2. The van der Waals surface area contributed by atoms with Crippen LogP contribution in [0.2, 0.25) is 0 Å². The Hall–Kier alpha value is -2.92. The van der Waals surface area contributed by atoms with Crippen LogP contribution < -0.4 is 0 Å². The molecular weight excluding hydrogens is 366 g/mol. The van der Waals surface area contributed by atoms with Crippen molar-refractivity contribution in [3.63, 3.8) is 0 Å². The number of rotatable bonds is 7. The monoisotopic (exact) mass is 393 g/mol. The fourth-order valence-electron chi connectivity index (χ4n) is 3.65. The Balaban J connectivity index is 2.09. The number of carbonyl (C=O) groups excluding carboxylic acids is 2. The molecule has 1 N–H and O–H groups in total. The Kier molecular flexibility index (Phi) is 6.49. The van der Waals surface area contributed by atoms with E-state index in [0.29, 0.717) is 31.1 Å². The molecule has 1 atom stereocenters. The van der Waals surface area contributed by atoms with Gasteiger partial charge in [-0.15, -0.1) is 0 Å². The molecule has 2 aromatic carbocycles. The number of Topliss-reactive ketones (excluding diaryl/α,β-unsaturated/α-hetero) is 1. The second-order valence-electron chi connectivity index (χ2n) is 7.53. The average molecular weight is 393 g/mol. The number of hydrogen-bond donors (Lipinski definition) is 1. The summed E-state index contributed by atoms with van der Waals surface area (Å²) in [6.45, 7) is 5.09. The van der Waals surface area contributed by atoms with E-state index in [4.69, 9.17) is 4.74 Å². The maximum absolute atomic E-state index is 12.9. The Morgan fingerprint density at radius 2 is 1.72 bits per heavy atom. The highest BCUT2D eigenvalue weighted by Gasteiger charge is 2.45. The van der Waals surface area contributed by atoms with Gasteiger partial charge in [0.15, 0.2) is 0 Å². The minimum absolute atomic E-state index is 0.135. The van der Waals surface area contributed by atoms with Crippen LogP contribution in [0.15, 0.2) is 60.2 Å². The van der Waals surface area contributed by atoms with E-state index in [1.807, 2.05) is 30.3 Å². The number of aliphatic hydroxyl groups is 1. The number of carbonyl (C=O) groups is 2. The highest BCUT2D eigenvalue weighted by Crippen LogP contribution is 2.39. The third-order valence-electron chi connectivity index (χ3n) is 5.25. The Bertz CT molecular complexity index is 900. The zero-order valence-corrected chi connectivity index (χ0v) is 17.1. The maximum atomic E-state index is 12.9. The van der Waals surface area contributed by atoms with Crippen molar-refractivity contribution in [2.24, 2.45) is 0 Å². The Morgan fingerprint density at radius 3 is 2.31 bits per heavy atom. The van der Waals surface area contributed by atoms with Gasteiger partial charge in [0.25, 0.3) is 11.7 Å². The van der Waals surface area contributed by atoms with Gasteiger partial charge in [0.05, 0.1) is 11.6 Å². The van der Waals surface area contributed by atoms with E-state index in [0.717, 1.165) is 5.56 Å². The maximum Gasteiger partial charge on any atom is 0.295 e. The number of nitrogens with zero attached hydrogens (tertiary/aromatic N) is 1. The summed E-state index contributed by atoms with van der Waals surface area (Å²) in [4.78, 5) is 27.2. The number of ether oxygens (including phenoxy) is 1. The van der Waals surface area contributed by atoms with Crippen LogP contribution in [0, 0.1) is 0 Å². The van der Waals surface area contributed by atoms with Crippen LogP contribution in [0.25, 0.3) is 5.76 Å². The predicted molar refractivity (Wildman–Crippen MR) is 112 cm³/mol. The molecule has 0 unspecified atom stereocenters. The molecule has 0 radical (unpaired) electrons. The van der Waals surface area contributed by atoms with Crippen LogP contribution in [0.5, 0.6) is 0 Å². The van der Waals surface area contributed by atoms with Gasteiger partial charge < -0.3 is 14.7 Å². The summed E-state index contributed by atoms with van der Waals surface area (Å²) < 4.78 is 5.11. The molecule has 0 aromatic heterocycles. The Morgan fingerprint density at radius 1 is 1.07 bits per heavy atom. The van der Waals surface area contributed by atoms with Crippen molar-refractivity contribution in [1.82, 2.24) is 4.90 Å². The number of likely N-dealkylation sites (tertiary alicyclic amines) is 1. The van der Waals surface area contributed by atoms with E-state index in [2.05, 4.69) is 13.8 Å². The molecule has 5 heteroatoms. The molecule has 2 aromatic rings. The van der Waals surface area contributed by atoms with Crippen molar-refractivity contribution in [1.29, 1.82) is 0 Å². The van der Waals surface area contributed by atoms with Crippen LogP contribution in [-0.4, -0.2) is 42.0 Å². The summed E-state index contributed by atoms with van der Waals surface area (Å²) in [7, 11) is 1.60. The fraction of sp³-hybridized carbons (Fsp3) is 0.333. The first-order valence-electron chi connectivity index (χ1n) is 9.88. The van der Waals surface area contributed by atoms with E-state index >= 15 is 0 Å². The topological polar surface area (TPSA) is 66.8 Å². The van der Waals surface area contributed by atoms with E-state index in [1.54, 1.807) is 36.3 Å². The smallest absolute Gasteiger partial charge is 0.295 e. The van der Waals surface area contributed by atoms with Gasteiger partial charge in [0, 0.05) is 25.8 Å². The van der Waals surface area contributed by atoms with Crippen LogP contribution in [0.1, 0.15) is 48.9 Å². The van der Waals surface area contributed by atoms with Gasteiger partial charge in [-0.3, -0.25) is 9.59 Å². The summed E-state index contributed by atoms with van der Waals surface area (Å²) >= 11 is 0. The van der Waals surface area contributed by atoms with Crippen molar-refractivity contribution >= 4 is 17.4 Å². The van der Waals surface area contributed by atoms with Crippen molar-refractivity contribution in [3.05, 3.63) is 76.9 Å². The molecule has 0 spiro atoms. The van der Waals surface area contributed by atoms with Crippen LogP contribution >= 0.6 is 0 Å². The summed E-state index contributed by atoms with van der Waals surface area (Å²) in [5, 5.41) is 10.9. The summed E-state index contributed by atoms with van der Waals surface area (Å²) in [5.74, 6) is -1.00. The molecule has 0 saturated carbocycles. The summed E-state index contributed by atoms with van der Waals surface area (Å²) in [6, 6.07) is 16.2. The first-order chi connectivity index (χ1) is 14.0. The molecular formula is C24H27NO4. The SMILES string of the molecule is COCCCN1C(=O)C(=O)C(=C(O)c2ccccc2)[C@H]1c1ccc(C(C)C)cc1. The molecule has 1 fully saturated rings. The van der Waals surface area contributed by atoms with Crippen molar-refractivity contribution in [3.8, 4) is 0 Å². The van der Waals surface area contributed by atoms with Gasteiger partial charge in [-0.25, -0.2) is 0 Å². The number of amides is 1. The van der Waals surface area contributed by atoms with E-state index in [-0.39, 0.29) is 11.3 Å². The lowest BCUT2D eigenvalue weighted by molar-refractivity contribution is -0.140. The third kappa shape index (κ3) is 4.25. The average Bonchev–Trinajstić information content (AvgIpc) is 2.99. The summed E-state index contributed by atoms with van der Waals surface area (Å²) in [5.41, 5.74) is 2.64. The van der Waals surface area contributed by atoms with Crippen LogP contribution in [0.3, 0.4) is 0 Å². The second-order valence-corrected chi connectivity index (χ2v) is 7.53. The molecule has 0 aliphatic carbocycles. The number of hydrogen-bond acceptors (Lipinski definition) is 4. The van der Waals surface area contributed by atoms with Gasteiger partial charge in [-0.2, -0.15) is 0 Å². The first-order valence-corrected chi connectivity index (χ1v) is 9.88. The zero-order chi connectivity index (χ0) is 21.0. The highest BCUT2D eigenvalue weighted by molar-refractivity contribution is 6.46. The fourth-order valence-corrected chi connectivity index (χ4v) is 3.65. The van der Waals surface area contributed by atoms with Crippen molar-refractivity contribution in [2.45, 2.75) is 32.2 Å². The van der Waals surface area contributed by atoms with Gasteiger partial charge in [0.1, 0.15) is 5.76 Å². The molecule has 3 rings (SSSR count). The molecule has 1 aliphatic heterocycles. The first kappa shape index (κ1) is 20.8. The third-order valence-corrected chi connectivity index (χ3v) is 5.25. The molecule has 1 amide bonds. The Labute approximate surface area is 171 Å². The van der Waals surface area contributed by atoms with E-state index < -0.39 is 17.7 Å². The normalized spacial score (nSPS) is 18.6. The molecule has 5 nitrogen and oxygen atoms in total. The van der Waals surface area contributed by atoms with Crippen molar-refractivity contribution < 1.29 is 19.4 Å². The number of methoxy groups -OCH3 is 1. The minimum Gasteiger partial charge on any atom is -0.507 e. The largest absolute Gasteiger partial charge is 0.507 e. The molecule has 1 aliphatic rings. The quantitative estimate of drug-likeness (QED) is 0.330. The number of aliphatic hydroxyl groups excluding tert-OH is 1. The van der Waals surface area contributed by atoms with Crippen molar-refractivity contribution in [2.75, 3.05) is 20.3 Å². The zero-order valence-electron chi connectivity index (χ0n) is 17.1. The molecule has 1 saturated heterocycles. The van der Waals surface area contributed by atoms with E-state index in [9.17, 15) is 14.7 Å². The number of ketones is 1. The van der Waals surface area contributed by atoms with E-state index in [1.165, 1.54) is 5.56 Å². The lowest BCUT2D eigenvalue weighted by Gasteiger charge is -2.25. The second kappa shape index (κ2) is 9.05. The molecule has 1 heterocycles. The van der Waals surface area contributed by atoms with Gasteiger partial charge in [-0.1, -0.05) is 68.4 Å². The molecule has 29 heavy (non-hydrogen) atoms. The minimum atomic E-state index is -0.651. The molecule has 0 bridgehead atoms. The predicted octanol–water partition coefficient (Wildman–Crippen LogP) is 4.27. The van der Waals surface area contributed by atoms with Gasteiger partial charge in [0.2, 0.25) is 0 Å². The lowest BCUT2D eigenvalue weighted by atomic mass is 9.93. The van der Waals surface area contributed by atoms with Crippen LogP contribution in [0.4, 0.5) is 0 Å². The highest BCUT2D eigenvalue weighted by atomic mass is 16.5. The van der Waals surface area contributed by atoms with Gasteiger partial charge >= 0.3 is 0 Å². The molecule has 152 valence electrons. The standard InChI is InChI=1S/C24H27NO4/c1-16(2)17-10-12-18(13-11-17)21-20(22(26)19-8-5-4-6-9-19)23(27)24(28)25(21)14-7-15-29-3/h4-6,8-13,16,21,26H,7,14-15H2,1-3H3/t21-/m1/s1. The van der Waals surface area contributed by atoms with Gasteiger partial charge in [-0.05, 0) is 23.5 Å². The van der Waals surface area contributed by atoms with Crippen LogP contribution in [-0.2, 0) is 14.3 Å².